The minimum atomic E-state index is 0.0195. The summed E-state index contributed by atoms with van der Waals surface area (Å²) < 4.78 is 7.41. The number of hydrogen-bond donors (Lipinski definition) is 2. The van der Waals surface area contributed by atoms with Gasteiger partial charge in [0.2, 0.25) is 5.88 Å². The van der Waals surface area contributed by atoms with Crippen molar-refractivity contribution < 1.29 is 9.84 Å². The fourth-order valence-corrected chi connectivity index (χ4v) is 1.87. The van der Waals surface area contributed by atoms with Crippen molar-refractivity contribution in [2.24, 2.45) is 7.05 Å². The molecule has 3 N–H and O–H groups in total. The molecule has 0 aliphatic rings. The van der Waals surface area contributed by atoms with Gasteiger partial charge < -0.3 is 15.6 Å². The molecular formula is C14H19N3O2. The maximum absolute atomic E-state index is 9.00. The van der Waals surface area contributed by atoms with Gasteiger partial charge in [-0.25, -0.2) is 4.68 Å². The van der Waals surface area contributed by atoms with Crippen LogP contribution in [0.3, 0.4) is 0 Å². The molecule has 0 saturated carbocycles. The molecule has 0 spiro atoms. The highest BCUT2D eigenvalue weighted by atomic mass is 16.5. The van der Waals surface area contributed by atoms with E-state index in [2.05, 4.69) is 5.10 Å². The highest BCUT2D eigenvalue weighted by molar-refractivity contribution is 5.55. The summed E-state index contributed by atoms with van der Waals surface area (Å²) in [4.78, 5) is 0. The average Bonchev–Trinajstić information content (AvgIpc) is 2.68. The zero-order chi connectivity index (χ0) is 14.0. The number of aliphatic hydroxyl groups excluding tert-OH is 1. The Morgan fingerprint density at radius 1 is 1.32 bits per heavy atom. The van der Waals surface area contributed by atoms with Crippen molar-refractivity contribution in [1.82, 2.24) is 9.78 Å². The van der Waals surface area contributed by atoms with Crippen molar-refractivity contribution in [3.63, 3.8) is 0 Å². The molecule has 1 aromatic heterocycles. The lowest BCUT2D eigenvalue weighted by atomic mass is 10.1. The third-order valence-electron chi connectivity index (χ3n) is 2.93. The number of ether oxygens (including phenoxy) is 1. The van der Waals surface area contributed by atoms with Gasteiger partial charge in [0.15, 0.2) is 0 Å². The van der Waals surface area contributed by atoms with E-state index in [0.29, 0.717) is 17.3 Å². The molecule has 0 amide bonds. The van der Waals surface area contributed by atoms with E-state index < -0.39 is 0 Å². The fraction of sp³-hybridized carbons (Fsp3) is 0.357. The molecule has 0 saturated heterocycles. The Morgan fingerprint density at radius 3 is 2.42 bits per heavy atom. The topological polar surface area (TPSA) is 73.3 Å². The number of aromatic nitrogens is 2. The van der Waals surface area contributed by atoms with Crippen LogP contribution in [0.25, 0.3) is 0 Å². The number of rotatable bonds is 4. The molecule has 0 radical (unpaired) electrons. The summed E-state index contributed by atoms with van der Waals surface area (Å²) in [6.45, 7) is 4.10. The van der Waals surface area contributed by atoms with Gasteiger partial charge in [-0.3, -0.25) is 0 Å². The van der Waals surface area contributed by atoms with Crippen LogP contribution in [-0.2, 0) is 13.7 Å². The number of anilines is 1. The number of benzene rings is 1. The minimum absolute atomic E-state index is 0.0195. The van der Waals surface area contributed by atoms with Gasteiger partial charge in [0.1, 0.15) is 11.4 Å². The van der Waals surface area contributed by atoms with E-state index in [9.17, 15) is 0 Å². The molecule has 0 aliphatic heterocycles. The molecule has 102 valence electrons. The first-order valence-corrected chi connectivity index (χ1v) is 6.23. The van der Waals surface area contributed by atoms with Crippen LogP contribution in [0.15, 0.2) is 24.3 Å². The van der Waals surface area contributed by atoms with Crippen molar-refractivity contribution in [3.8, 4) is 11.6 Å². The number of nitrogen functional groups attached to an aromatic ring is 1. The second-order valence-electron chi connectivity index (χ2n) is 4.79. The van der Waals surface area contributed by atoms with Crippen molar-refractivity contribution in [2.45, 2.75) is 26.4 Å². The zero-order valence-corrected chi connectivity index (χ0v) is 11.4. The van der Waals surface area contributed by atoms with Crippen LogP contribution in [0.1, 0.15) is 31.0 Å². The van der Waals surface area contributed by atoms with Gasteiger partial charge in [-0.05, 0) is 23.6 Å². The maximum Gasteiger partial charge on any atom is 0.241 e. The van der Waals surface area contributed by atoms with E-state index in [0.717, 1.165) is 11.3 Å². The van der Waals surface area contributed by atoms with Crippen LogP contribution < -0.4 is 10.5 Å². The van der Waals surface area contributed by atoms with Gasteiger partial charge in [-0.2, -0.15) is 5.10 Å². The van der Waals surface area contributed by atoms with E-state index in [1.807, 2.05) is 26.0 Å². The molecule has 2 aromatic rings. The summed E-state index contributed by atoms with van der Waals surface area (Å²) in [5, 5.41) is 13.4. The van der Waals surface area contributed by atoms with Crippen LogP contribution in [0, 0.1) is 0 Å². The number of hydrogen-bond acceptors (Lipinski definition) is 4. The number of aliphatic hydroxyl groups is 1. The summed E-state index contributed by atoms with van der Waals surface area (Å²) in [6, 6.07) is 7.22. The smallest absolute Gasteiger partial charge is 0.241 e. The second-order valence-corrected chi connectivity index (χ2v) is 4.79. The zero-order valence-electron chi connectivity index (χ0n) is 11.4. The Labute approximate surface area is 112 Å². The lowest BCUT2D eigenvalue weighted by Gasteiger charge is -2.07. The van der Waals surface area contributed by atoms with Gasteiger partial charge in [-0.15, -0.1) is 0 Å². The Morgan fingerprint density at radius 2 is 1.95 bits per heavy atom. The predicted molar refractivity (Wildman–Crippen MR) is 74.1 cm³/mol. The van der Waals surface area contributed by atoms with E-state index in [1.165, 1.54) is 0 Å². The minimum Gasteiger partial charge on any atom is -0.437 e. The molecule has 1 aromatic carbocycles. The molecular weight excluding hydrogens is 242 g/mol. The number of nitrogens with zero attached hydrogens (tertiary/aromatic N) is 2. The third-order valence-corrected chi connectivity index (χ3v) is 2.93. The molecule has 0 unspecified atom stereocenters. The van der Waals surface area contributed by atoms with E-state index >= 15 is 0 Å². The molecule has 0 aliphatic carbocycles. The van der Waals surface area contributed by atoms with Crippen molar-refractivity contribution in [3.05, 3.63) is 35.5 Å². The van der Waals surface area contributed by atoms with Crippen molar-refractivity contribution in [1.29, 1.82) is 0 Å². The molecule has 5 heteroatoms. The van der Waals surface area contributed by atoms with Gasteiger partial charge in [0.25, 0.3) is 0 Å². The van der Waals surface area contributed by atoms with Crippen LogP contribution in [0.5, 0.6) is 11.6 Å². The molecule has 0 bridgehead atoms. The highest BCUT2D eigenvalue weighted by Crippen LogP contribution is 2.32. The van der Waals surface area contributed by atoms with Gasteiger partial charge in [0, 0.05) is 7.05 Å². The Balaban J connectivity index is 2.27. The van der Waals surface area contributed by atoms with E-state index in [1.54, 1.807) is 23.9 Å². The molecule has 0 atom stereocenters. The number of aryl methyl sites for hydroxylation is 1. The summed E-state index contributed by atoms with van der Waals surface area (Å²) >= 11 is 0. The van der Waals surface area contributed by atoms with Gasteiger partial charge >= 0.3 is 0 Å². The second kappa shape index (κ2) is 5.32. The molecule has 19 heavy (non-hydrogen) atoms. The monoisotopic (exact) mass is 261 g/mol. The van der Waals surface area contributed by atoms with Crippen molar-refractivity contribution >= 4 is 5.69 Å². The summed E-state index contributed by atoms with van der Waals surface area (Å²) in [5.74, 6) is 1.46. The molecule has 5 nitrogen and oxygen atoms in total. The van der Waals surface area contributed by atoms with Gasteiger partial charge in [0.05, 0.1) is 12.3 Å². The third kappa shape index (κ3) is 2.71. The first-order chi connectivity index (χ1) is 9.02. The fourth-order valence-electron chi connectivity index (χ4n) is 1.87. The lowest BCUT2D eigenvalue weighted by Crippen LogP contribution is -1.97. The van der Waals surface area contributed by atoms with Crippen LogP contribution in [-0.4, -0.2) is 14.9 Å². The Hall–Kier alpha value is -2.01. The SMILES string of the molecule is CC(C)c1nn(C)c(Oc2ccc(CO)cc2)c1N. The standard InChI is InChI=1S/C14H19N3O2/c1-9(2)13-12(15)14(17(3)16-13)19-11-6-4-10(8-18)5-7-11/h4-7,9,18H,8,15H2,1-3H3. The molecule has 1 heterocycles. The van der Waals surface area contributed by atoms with Crippen LogP contribution >= 0.6 is 0 Å². The van der Waals surface area contributed by atoms with Crippen LogP contribution in [0.4, 0.5) is 5.69 Å². The Kier molecular flexibility index (Phi) is 3.76. The summed E-state index contributed by atoms with van der Waals surface area (Å²) in [6.07, 6.45) is 0. The lowest BCUT2D eigenvalue weighted by molar-refractivity contribution is 0.281. The summed E-state index contributed by atoms with van der Waals surface area (Å²) in [7, 11) is 1.81. The van der Waals surface area contributed by atoms with Gasteiger partial charge in [-0.1, -0.05) is 26.0 Å². The van der Waals surface area contributed by atoms with E-state index in [4.69, 9.17) is 15.6 Å². The van der Waals surface area contributed by atoms with Crippen molar-refractivity contribution in [2.75, 3.05) is 5.73 Å². The number of nitrogens with two attached hydrogens (primary N) is 1. The molecule has 2 rings (SSSR count). The quantitative estimate of drug-likeness (QED) is 0.886. The maximum atomic E-state index is 9.00. The largest absolute Gasteiger partial charge is 0.437 e. The normalized spacial score (nSPS) is 11.0. The predicted octanol–water partition coefficient (Wildman–Crippen LogP) is 2.41. The van der Waals surface area contributed by atoms with Crippen LogP contribution in [0.2, 0.25) is 0 Å². The van der Waals surface area contributed by atoms with E-state index in [-0.39, 0.29) is 12.5 Å². The Bertz CT molecular complexity index is 559. The first kappa shape index (κ1) is 13.4. The average molecular weight is 261 g/mol. The first-order valence-electron chi connectivity index (χ1n) is 6.23. The molecule has 0 fully saturated rings. The highest BCUT2D eigenvalue weighted by Gasteiger charge is 2.17. The summed E-state index contributed by atoms with van der Waals surface area (Å²) in [5.41, 5.74) is 8.31.